The first-order chi connectivity index (χ1) is 9.98. The van der Waals surface area contributed by atoms with Gasteiger partial charge in [0.25, 0.3) is 0 Å². The van der Waals surface area contributed by atoms with Crippen molar-refractivity contribution in [1.82, 2.24) is 0 Å². The lowest BCUT2D eigenvalue weighted by Crippen LogP contribution is -2.52. The second kappa shape index (κ2) is 3.95. The van der Waals surface area contributed by atoms with Crippen LogP contribution < -0.4 is 0 Å². The fraction of sp³-hybridized carbons (Fsp3) is 0.667. The average molecular weight is 284 g/mol. The summed E-state index contributed by atoms with van der Waals surface area (Å²) in [7, 11) is 0. The Morgan fingerprint density at radius 1 is 1.10 bits per heavy atom. The molecule has 1 unspecified atom stereocenters. The van der Waals surface area contributed by atoms with E-state index in [1.165, 1.54) is 24.8 Å². The van der Waals surface area contributed by atoms with Gasteiger partial charge in [-0.3, -0.25) is 0 Å². The molecule has 3 nitrogen and oxygen atoms in total. The topological polar surface area (TPSA) is 45.0 Å². The van der Waals surface area contributed by atoms with Crippen molar-refractivity contribution in [2.45, 2.75) is 57.2 Å². The van der Waals surface area contributed by atoms with E-state index in [9.17, 15) is 5.11 Å². The minimum Gasteiger partial charge on any atom is -0.391 e. The zero-order valence-electron chi connectivity index (χ0n) is 13.1. The molecule has 112 valence electrons. The fourth-order valence-corrected chi connectivity index (χ4v) is 6.02. The van der Waals surface area contributed by atoms with Crippen LogP contribution in [0.1, 0.15) is 45.6 Å². The highest BCUT2D eigenvalue weighted by Crippen LogP contribution is 2.74. The van der Waals surface area contributed by atoms with E-state index in [0.717, 1.165) is 0 Å². The van der Waals surface area contributed by atoms with Crippen LogP contribution in [0.4, 0.5) is 0 Å². The summed E-state index contributed by atoms with van der Waals surface area (Å²) in [4.78, 5) is 0. The Hall–Kier alpha value is -1.22. The van der Waals surface area contributed by atoms with Crippen molar-refractivity contribution >= 4 is 0 Å². The maximum Gasteiger partial charge on any atom is 0.118 e. The van der Waals surface area contributed by atoms with Gasteiger partial charge in [0.05, 0.1) is 6.10 Å². The van der Waals surface area contributed by atoms with Crippen LogP contribution in [0, 0.1) is 17.3 Å². The van der Waals surface area contributed by atoms with Crippen molar-refractivity contribution in [3.05, 3.63) is 35.9 Å². The van der Waals surface area contributed by atoms with Gasteiger partial charge in [0, 0.05) is 5.41 Å². The molecule has 0 saturated heterocycles. The predicted molar refractivity (Wildman–Crippen MR) is 82.0 cm³/mol. The van der Waals surface area contributed by atoms with Crippen LogP contribution in [0.2, 0.25) is 0 Å². The monoisotopic (exact) mass is 284 g/mol. The molecule has 3 aliphatic rings. The first kappa shape index (κ1) is 13.4. The second-order valence-corrected chi connectivity index (χ2v) is 7.60. The third kappa shape index (κ3) is 1.22. The molecule has 4 rings (SSSR count). The van der Waals surface area contributed by atoms with Crippen molar-refractivity contribution < 1.29 is 5.11 Å². The first-order valence-electron chi connectivity index (χ1n) is 8.16. The van der Waals surface area contributed by atoms with Gasteiger partial charge in [0.1, 0.15) is 11.1 Å². The van der Waals surface area contributed by atoms with Gasteiger partial charge in [-0.15, -0.1) is 0 Å². The molecule has 5 atom stereocenters. The highest BCUT2D eigenvalue weighted by Gasteiger charge is 2.78. The van der Waals surface area contributed by atoms with Crippen molar-refractivity contribution in [3.8, 4) is 0 Å². The van der Waals surface area contributed by atoms with Gasteiger partial charge in [-0.05, 0) is 37.2 Å². The number of fused-ring (bicyclic) bond motifs is 5. The second-order valence-electron chi connectivity index (χ2n) is 7.60. The number of nitrogens with zero attached hydrogens (tertiary/aromatic N) is 2. The lowest BCUT2D eigenvalue weighted by Gasteiger charge is -2.43. The number of aliphatic hydroxyl groups excluding tert-OH is 1. The van der Waals surface area contributed by atoms with E-state index in [0.29, 0.717) is 11.8 Å². The maximum absolute atomic E-state index is 10.6. The number of hydrogen-bond donors (Lipinski definition) is 1. The van der Waals surface area contributed by atoms with Crippen LogP contribution in [0.3, 0.4) is 0 Å². The Morgan fingerprint density at radius 2 is 1.76 bits per heavy atom. The van der Waals surface area contributed by atoms with Crippen LogP contribution in [0.25, 0.3) is 0 Å². The van der Waals surface area contributed by atoms with Gasteiger partial charge in [-0.2, -0.15) is 10.2 Å². The molecule has 2 saturated carbocycles. The molecule has 0 aromatic heterocycles. The summed E-state index contributed by atoms with van der Waals surface area (Å²) in [5.74, 6) is 0.979. The summed E-state index contributed by atoms with van der Waals surface area (Å²) in [6, 6.07) is 10.6. The molecule has 1 aliphatic heterocycles. The maximum atomic E-state index is 10.6. The standard InChI is InChI=1S/C18H24N2O/c1-12(21)17-14-10-7-11-15(14)18(20-19-17,16(17,2)3)13-8-5-4-6-9-13/h4-6,8-9,12,14-15,21H,7,10-11H2,1-3H3/t12?,14-,15+,17-,18+/m0/s1. The van der Waals surface area contributed by atoms with Crippen molar-refractivity contribution in [3.63, 3.8) is 0 Å². The fourth-order valence-electron chi connectivity index (χ4n) is 6.02. The zero-order valence-corrected chi connectivity index (χ0v) is 13.1. The lowest BCUT2D eigenvalue weighted by atomic mass is 9.61. The molecule has 0 amide bonds. The number of azo groups is 1. The number of rotatable bonds is 2. The summed E-state index contributed by atoms with van der Waals surface area (Å²) >= 11 is 0. The molecule has 0 spiro atoms. The minimum atomic E-state index is -0.449. The molecule has 1 heterocycles. The summed E-state index contributed by atoms with van der Waals surface area (Å²) in [5.41, 5.74) is 0.456. The Bertz CT molecular complexity index is 594. The van der Waals surface area contributed by atoms with Crippen molar-refractivity contribution in [2.24, 2.45) is 27.5 Å². The van der Waals surface area contributed by atoms with E-state index in [4.69, 9.17) is 10.2 Å². The largest absolute Gasteiger partial charge is 0.391 e. The molecule has 1 N–H and O–H groups in total. The van der Waals surface area contributed by atoms with Gasteiger partial charge in [-0.25, -0.2) is 0 Å². The molecule has 0 radical (unpaired) electrons. The van der Waals surface area contributed by atoms with Gasteiger partial charge in [0.2, 0.25) is 0 Å². The molecular formula is C18H24N2O. The van der Waals surface area contributed by atoms with Gasteiger partial charge < -0.3 is 5.11 Å². The molecule has 21 heavy (non-hydrogen) atoms. The molecule has 1 aromatic rings. The Balaban J connectivity index is 1.98. The lowest BCUT2D eigenvalue weighted by molar-refractivity contribution is 0.0135. The predicted octanol–water partition coefficient (Wildman–Crippen LogP) is 3.92. The Labute approximate surface area is 126 Å². The molecular weight excluding hydrogens is 260 g/mol. The first-order valence-corrected chi connectivity index (χ1v) is 8.16. The average Bonchev–Trinajstić information content (AvgIpc) is 3.07. The number of benzene rings is 1. The van der Waals surface area contributed by atoms with E-state index in [2.05, 4.69) is 44.2 Å². The van der Waals surface area contributed by atoms with Crippen LogP contribution in [-0.4, -0.2) is 16.7 Å². The number of hydrogen-bond acceptors (Lipinski definition) is 3. The Morgan fingerprint density at radius 3 is 2.43 bits per heavy atom. The summed E-state index contributed by atoms with van der Waals surface area (Å²) in [6.07, 6.45) is 3.16. The van der Waals surface area contributed by atoms with E-state index >= 15 is 0 Å². The highest BCUT2D eigenvalue weighted by atomic mass is 16.3. The van der Waals surface area contributed by atoms with E-state index in [1.807, 2.05) is 6.92 Å². The van der Waals surface area contributed by atoms with E-state index in [1.54, 1.807) is 0 Å². The zero-order chi connectivity index (χ0) is 14.9. The molecule has 2 bridgehead atoms. The minimum absolute atomic E-state index is 0.148. The molecule has 2 fully saturated rings. The van der Waals surface area contributed by atoms with Crippen molar-refractivity contribution in [1.29, 1.82) is 0 Å². The SMILES string of the molecule is CC(O)[C@]12N=N[C@](c3ccccc3)([C@@H]3CCC[C@@H]31)C2(C)C. The highest BCUT2D eigenvalue weighted by molar-refractivity contribution is 5.40. The molecule has 1 aromatic carbocycles. The van der Waals surface area contributed by atoms with Crippen LogP contribution in [0.15, 0.2) is 40.6 Å². The van der Waals surface area contributed by atoms with Gasteiger partial charge in [0.15, 0.2) is 0 Å². The third-order valence-corrected chi connectivity index (χ3v) is 6.80. The molecule has 3 heteroatoms. The molecule has 2 aliphatic carbocycles. The van der Waals surface area contributed by atoms with Crippen molar-refractivity contribution in [2.75, 3.05) is 0 Å². The Kier molecular flexibility index (Phi) is 2.53. The van der Waals surface area contributed by atoms with E-state index in [-0.39, 0.29) is 11.0 Å². The summed E-state index contributed by atoms with van der Waals surface area (Å²) in [5, 5.41) is 20.2. The van der Waals surface area contributed by atoms with Crippen LogP contribution >= 0.6 is 0 Å². The number of aliphatic hydroxyl groups is 1. The normalized spacial score (nSPS) is 44.0. The summed E-state index contributed by atoms with van der Waals surface area (Å²) < 4.78 is 0. The van der Waals surface area contributed by atoms with Crippen LogP contribution in [-0.2, 0) is 5.54 Å². The van der Waals surface area contributed by atoms with E-state index < -0.39 is 11.6 Å². The van der Waals surface area contributed by atoms with Gasteiger partial charge in [-0.1, -0.05) is 50.6 Å². The third-order valence-electron chi connectivity index (χ3n) is 6.80. The quantitative estimate of drug-likeness (QED) is 0.879. The van der Waals surface area contributed by atoms with Crippen LogP contribution in [0.5, 0.6) is 0 Å². The smallest absolute Gasteiger partial charge is 0.118 e. The summed E-state index contributed by atoms with van der Waals surface area (Å²) in [6.45, 7) is 6.44. The van der Waals surface area contributed by atoms with Gasteiger partial charge >= 0.3 is 0 Å².